The van der Waals surface area contributed by atoms with Gasteiger partial charge in [0.1, 0.15) is 11.3 Å². The maximum absolute atomic E-state index is 13.4. The molecule has 17 heavy (non-hydrogen) atoms. The topological polar surface area (TPSA) is 39.2 Å². The van der Waals surface area contributed by atoms with Crippen LogP contribution in [0.2, 0.25) is 0 Å². The first-order valence-electron chi connectivity index (χ1n) is 4.91. The zero-order chi connectivity index (χ0) is 12.4. The largest absolute Gasteiger partial charge is 0.469 e. The molecule has 0 amide bonds. The van der Waals surface area contributed by atoms with E-state index in [0.717, 1.165) is 6.07 Å². The predicted molar refractivity (Wildman–Crippen MR) is 57.4 cm³/mol. The Labute approximate surface area is 96.0 Å². The van der Waals surface area contributed by atoms with Crippen molar-refractivity contribution in [2.24, 2.45) is 0 Å². The lowest BCUT2D eigenvalue weighted by Crippen LogP contribution is -2.06. The van der Waals surface area contributed by atoms with Crippen LogP contribution in [-0.4, -0.2) is 18.1 Å². The summed E-state index contributed by atoms with van der Waals surface area (Å²) in [5, 5.41) is 0.358. The molecule has 88 valence electrons. The van der Waals surface area contributed by atoms with Crippen LogP contribution in [0.25, 0.3) is 10.9 Å². The van der Waals surface area contributed by atoms with E-state index in [2.05, 4.69) is 9.72 Å². The lowest BCUT2D eigenvalue weighted by molar-refractivity contribution is -0.139. The maximum atomic E-state index is 13.4. The Bertz CT molecular complexity index is 584. The van der Waals surface area contributed by atoms with Gasteiger partial charge in [-0.05, 0) is 12.1 Å². The monoisotopic (exact) mass is 237 g/mol. The number of benzene rings is 1. The Morgan fingerprint density at radius 2 is 2.12 bits per heavy atom. The summed E-state index contributed by atoms with van der Waals surface area (Å²) < 4.78 is 30.8. The smallest absolute Gasteiger partial charge is 0.311 e. The highest BCUT2D eigenvalue weighted by molar-refractivity contribution is 5.80. The molecule has 0 bridgehead atoms. The van der Waals surface area contributed by atoms with Gasteiger partial charge in [-0.1, -0.05) is 6.07 Å². The van der Waals surface area contributed by atoms with Gasteiger partial charge >= 0.3 is 5.97 Å². The Morgan fingerprint density at radius 1 is 1.35 bits per heavy atom. The molecule has 1 aromatic heterocycles. The third kappa shape index (κ3) is 2.38. The van der Waals surface area contributed by atoms with Gasteiger partial charge in [-0.3, -0.25) is 4.79 Å². The third-order valence-corrected chi connectivity index (χ3v) is 2.32. The number of hydrogen-bond acceptors (Lipinski definition) is 3. The minimum atomic E-state index is -0.744. The van der Waals surface area contributed by atoms with Crippen molar-refractivity contribution >= 4 is 16.9 Å². The molecule has 1 aromatic carbocycles. The van der Waals surface area contributed by atoms with Gasteiger partial charge in [-0.2, -0.15) is 0 Å². The molecule has 0 saturated heterocycles. The van der Waals surface area contributed by atoms with Crippen LogP contribution in [0.1, 0.15) is 5.69 Å². The number of halogens is 2. The van der Waals surface area contributed by atoms with Crippen LogP contribution < -0.4 is 0 Å². The second kappa shape index (κ2) is 4.45. The molecule has 3 nitrogen and oxygen atoms in total. The molecule has 0 aliphatic rings. The number of rotatable bonds is 2. The summed E-state index contributed by atoms with van der Waals surface area (Å²) in [7, 11) is 1.26. The van der Waals surface area contributed by atoms with Crippen LogP contribution in [0.15, 0.2) is 24.3 Å². The number of nitrogens with zero attached hydrogens (tertiary/aromatic N) is 1. The second-order valence-corrected chi connectivity index (χ2v) is 3.51. The lowest BCUT2D eigenvalue weighted by atomic mass is 10.1. The fraction of sp³-hybridized carbons (Fsp3) is 0.167. The van der Waals surface area contributed by atoms with Crippen LogP contribution in [-0.2, 0) is 16.0 Å². The Hall–Kier alpha value is -2.04. The molecule has 0 aliphatic carbocycles. The molecule has 0 radical (unpaired) electrons. The van der Waals surface area contributed by atoms with Crippen LogP contribution >= 0.6 is 0 Å². The average molecular weight is 237 g/mol. The van der Waals surface area contributed by atoms with Crippen molar-refractivity contribution in [1.29, 1.82) is 0 Å². The van der Waals surface area contributed by atoms with Crippen molar-refractivity contribution in [1.82, 2.24) is 4.98 Å². The van der Waals surface area contributed by atoms with Gasteiger partial charge in [0.2, 0.25) is 0 Å². The van der Waals surface area contributed by atoms with Crippen molar-refractivity contribution in [3.05, 3.63) is 41.6 Å². The normalized spacial score (nSPS) is 10.5. The molecule has 0 fully saturated rings. The summed E-state index contributed by atoms with van der Waals surface area (Å²) in [4.78, 5) is 15.0. The van der Waals surface area contributed by atoms with Gasteiger partial charge in [0.05, 0.1) is 19.2 Å². The van der Waals surface area contributed by atoms with Gasteiger partial charge in [0, 0.05) is 11.5 Å². The number of methoxy groups -OCH3 is 1. The minimum absolute atomic E-state index is 0.0384. The van der Waals surface area contributed by atoms with Gasteiger partial charge < -0.3 is 4.74 Å². The van der Waals surface area contributed by atoms with Crippen LogP contribution in [0.3, 0.4) is 0 Å². The number of carbonyl (C=O) groups is 1. The summed E-state index contributed by atoms with van der Waals surface area (Å²) in [6.45, 7) is 0. The number of fused-ring (bicyclic) bond motifs is 1. The van der Waals surface area contributed by atoms with Crippen LogP contribution in [0, 0.1) is 11.6 Å². The summed E-state index contributed by atoms with van der Waals surface area (Å²) in [6, 6.07) is 5.01. The van der Waals surface area contributed by atoms with E-state index in [1.807, 2.05) is 0 Å². The Kier molecular flexibility index (Phi) is 2.99. The molecule has 2 aromatic rings. The van der Waals surface area contributed by atoms with Gasteiger partial charge in [-0.15, -0.1) is 0 Å². The van der Waals surface area contributed by atoms with Crippen molar-refractivity contribution in [2.75, 3.05) is 7.11 Å². The van der Waals surface area contributed by atoms with E-state index < -0.39 is 17.6 Å². The Morgan fingerprint density at radius 3 is 2.82 bits per heavy atom. The van der Waals surface area contributed by atoms with E-state index in [4.69, 9.17) is 0 Å². The van der Waals surface area contributed by atoms with Crippen molar-refractivity contribution in [3.8, 4) is 0 Å². The number of hydrogen-bond donors (Lipinski definition) is 0. The van der Waals surface area contributed by atoms with Gasteiger partial charge in [0.15, 0.2) is 5.82 Å². The second-order valence-electron chi connectivity index (χ2n) is 3.51. The van der Waals surface area contributed by atoms with Crippen LogP contribution in [0.5, 0.6) is 0 Å². The molecule has 5 heteroatoms. The highest BCUT2D eigenvalue weighted by Gasteiger charge is 2.09. The first kappa shape index (κ1) is 11.4. The minimum Gasteiger partial charge on any atom is -0.469 e. The summed E-state index contributed by atoms with van der Waals surface area (Å²) in [5.74, 6) is -1.86. The summed E-state index contributed by atoms with van der Waals surface area (Å²) >= 11 is 0. The maximum Gasteiger partial charge on any atom is 0.311 e. The quantitative estimate of drug-likeness (QED) is 0.752. The van der Waals surface area contributed by atoms with Crippen molar-refractivity contribution < 1.29 is 18.3 Å². The zero-order valence-electron chi connectivity index (χ0n) is 9.04. The van der Waals surface area contributed by atoms with Crippen molar-refractivity contribution in [2.45, 2.75) is 6.42 Å². The molecule has 0 aliphatic heterocycles. The number of pyridine rings is 1. The molecule has 1 heterocycles. The lowest BCUT2D eigenvalue weighted by Gasteiger charge is -2.03. The SMILES string of the molecule is COC(=O)Cc1ccc2cc(F)cc(F)c2n1. The van der Waals surface area contributed by atoms with Gasteiger partial charge in [-0.25, -0.2) is 13.8 Å². The molecular formula is C12H9F2NO2. The van der Waals surface area contributed by atoms with E-state index in [-0.39, 0.29) is 11.9 Å². The summed E-state index contributed by atoms with van der Waals surface area (Å²) in [5.41, 5.74) is 0.433. The zero-order valence-corrected chi connectivity index (χ0v) is 9.04. The molecule has 2 rings (SSSR count). The number of ether oxygens (including phenoxy) is 1. The fourth-order valence-electron chi connectivity index (χ4n) is 1.52. The van der Waals surface area contributed by atoms with Gasteiger partial charge in [0.25, 0.3) is 0 Å². The number of aromatic nitrogens is 1. The van der Waals surface area contributed by atoms with E-state index >= 15 is 0 Å². The number of esters is 1. The highest BCUT2D eigenvalue weighted by atomic mass is 19.1. The van der Waals surface area contributed by atoms with E-state index in [1.165, 1.54) is 25.3 Å². The first-order valence-corrected chi connectivity index (χ1v) is 4.91. The van der Waals surface area contributed by atoms with E-state index in [0.29, 0.717) is 11.1 Å². The number of carbonyl (C=O) groups excluding carboxylic acids is 1. The highest BCUT2D eigenvalue weighted by Crippen LogP contribution is 2.18. The molecule has 0 N–H and O–H groups in total. The van der Waals surface area contributed by atoms with Crippen LogP contribution in [0.4, 0.5) is 8.78 Å². The fourth-order valence-corrected chi connectivity index (χ4v) is 1.52. The van der Waals surface area contributed by atoms with E-state index in [9.17, 15) is 13.6 Å². The molecule has 0 spiro atoms. The van der Waals surface area contributed by atoms with Crippen molar-refractivity contribution in [3.63, 3.8) is 0 Å². The molecule has 0 unspecified atom stereocenters. The summed E-state index contributed by atoms with van der Waals surface area (Å²) in [6.07, 6.45) is -0.0384. The molecular weight excluding hydrogens is 228 g/mol. The predicted octanol–water partition coefficient (Wildman–Crippen LogP) is 2.23. The Balaban J connectivity index is 2.47. The van der Waals surface area contributed by atoms with E-state index in [1.54, 1.807) is 0 Å². The molecule has 0 saturated carbocycles. The average Bonchev–Trinajstić information content (AvgIpc) is 2.29. The molecule has 0 atom stereocenters. The first-order chi connectivity index (χ1) is 8.10. The third-order valence-electron chi connectivity index (χ3n) is 2.32. The standard InChI is InChI=1S/C12H9F2NO2/c1-17-11(16)6-9-3-2-7-4-8(13)5-10(14)12(7)15-9/h2-5H,6H2,1H3.